The summed E-state index contributed by atoms with van der Waals surface area (Å²) < 4.78 is 5.92. The Morgan fingerprint density at radius 2 is 1.68 bits per heavy atom. The van der Waals surface area contributed by atoms with Gasteiger partial charge in [-0.3, -0.25) is 14.4 Å². The molecule has 206 valence electrons. The molecule has 0 heterocycles. The third-order valence-electron chi connectivity index (χ3n) is 9.07. The fourth-order valence-corrected chi connectivity index (χ4v) is 6.23. The Bertz CT molecular complexity index is 1140. The topological polar surface area (TPSA) is 60.4 Å². The normalized spacial score (nSPS) is 16.3. The lowest BCUT2D eigenvalue weighted by atomic mass is 9.62. The third kappa shape index (κ3) is 6.45. The maximum atomic E-state index is 14.0. The molecule has 1 fully saturated rings. The average Bonchev–Trinajstić information content (AvgIpc) is 2.85. The average molecular weight is 519 g/mol. The van der Waals surface area contributed by atoms with Crippen molar-refractivity contribution in [3.05, 3.63) is 64.7 Å². The van der Waals surface area contributed by atoms with Crippen molar-refractivity contribution in [2.75, 3.05) is 6.61 Å². The van der Waals surface area contributed by atoms with Gasteiger partial charge in [0, 0.05) is 17.8 Å². The second-order valence-corrected chi connectivity index (χ2v) is 12.0. The Kier molecular flexibility index (Phi) is 9.73. The number of benzene rings is 2. The molecule has 0 spiro atoms. The number of hydrogen-bond acceptors (Lipinski definition) is 4. The zero-order chi connectivity index (χ0) is 28.1. The monoisotopic (exact) mass is 518 g/mol. The summed E-state index contributed by atoms with van der Waals surface area (Å²) in [5.74, 6) is 0.688. The standard InChI is InChI=1S/C34H46O4/c1-8-38-32-24(3)28(17-18-30(32)25(4)35)23(2)29(31(37)22-34(26(5)36)20-13-21-34)16-12-19-33(6,7)27-14-10-9-11-15-27/h9-11,14-15,17-18,23,29H,8,12-13,16,19-22H2,1-7H3/t23-,29?/m1/s1. The summed E-state index contributed by atoms with van der Waals surface area (Å²) in [6.07, 6.45) is 5.64. The van der Waals surface area contributed by atoms with E-state index in [1.165, 1.54) is 5.56 Å². The molecule has 1 unspecified atom stereocenters. The quantitative estimate of drug-likeness (QED) is 0.237. The van der Waals surface area contributed by atoms with Gasteiger partial charge >= 0.3 is 0 Å². The molecular weight excluding hydrogens is 472 g/mol. The van der Waals surface area contributed by atoms with E-state index in [9.17, 15) is 14.4 Å². The van der Waals surface area contributed by atoms with Gasteiger partial charge in [-0.25, -0.2) is 0 Å². The van der Waals surface area contributed by atoms with E-state index in [0.717, 1.165) is 49.7 Å². The molecule has 0 bridgehead atoms. The first-order chi connectivity index (χ1) is 17.9. The Balaban J connectivity index is 1.90. The first-order valence-corrected chi connectivity index (χ1v) is 14.3. The molecule has 0 amide bonds. The molecule has 0 aliphatic heterocycles. The minimum absolute atomic E-state index is 0.00780. The number of Topliss-reactive ketones (excluding diaryl/α,β-unsaturated/α-hetero) is 3. The molecule has 1 aliphatic carbocycles. The number of carbonyl (C=O) groups is 3. The van der Waals surface area contributed by atoms with E-state index in [4.69, 9.17) is 4.74 Å². The summed E-state index contributed by atoms with van der Waals surface area (Å²) in [4.78, 5) is 38.7. The van der Waals surface area contributed by atoms with Crippen molar-refractivity contribution >= 4 is 17.3 Å². The lowest BCUT2D eigenvalue weighted by Crippen LogP contribution is -2.40. The van der Waals surface area contributed by atoms with Crippen LogP contribution in [0.3, 0.4) is 0 Å². The van der Waals surface area contributed by atoms with Crippen LogP contribution in [0.1, 0.15) is 119 Å². The van der Waals surface area contributed by atoms with Crippen LogP contribution < -0.4 is 4.74 Å². The highest BCUT2D eigenvalue weighted by atomic mass is 16.5. The highest BCUT2D eigenvalue weighted by Gasteiger charge is 2.44. The van der Waals surface area contributed by atoms with Gasteiger partial charge < -0.3 is 4.74 Å². The number of ketones is 3. The first kappa shape index (κ1) is 29.8. The molecule has 0 aromatic heterocycles. The predicted molar refractivity (Wildman–Crippen MR) is 154 cm³/mol. The fraction of sp³-hybridized carbons (Fsp3) is 0.559. The highest BCUT2D eigenvalue weighted by molar-refractivity contribution is 5.97. The SMILES string of the molecule is CCOc1c(C(C)=O)ccc([C@@H](C)C(CCCC(C)(C)c2ccccc2)C(=O)CC2(C(C)=O)CCC2)c1C. The van der Waals surface area contributed by atoms with Crippen molar-refractivity contribution < 1.29 is 19.1 Å². The zero-order valence-electron chi connectivity index (χ0n) is 24.5. The van der Waals surface area contributed by atoms with E-state index in [1.54, 1.807) is 13.8 Å². The molecule has 2 aromatic carbocycles. The molecule has 4 nitrogen and oxygen atoms in total. The summed E-state index contributed by atoms with van der Waals surface area (Å²) >= 11 is 0. The van der Waals surface area contributed by atoms with E-state index in [1.807, 2.05) is 32.0 Å². The van der Waals surface area contributed by atoms with E-state index in [0.29, 0.717) is 24.3 Å². The zero-order valence-corrected chi connectivity index (χ0v) is 24.5. The molecule has 1 aliphatic rings. The van der Waals surface area contributed by atoms with E-state index in [-0.39, 0.29) is 34.6 Å². The largest absolute Gasteiger partial charge is 0.493 e. The van der Waals surface area contributed by atoms with Crippen LogP contribution in [0.5, 0.6) is 5.75 Å². The predicted octanol–water partition coefficient (Wildman–Crippen LogP) is 8.18. The molecule has 2 aromatic rings. The minimum atomic E-state index is -0.470. The molecule has 0 radical (unpaired) electrons. The second kappa shape index (κ2) is 12.4. The van der Waals surface area contributed by atoms with Crippen LogP contribution in [0.25, 0.3) is 0 Å². The van der Waals surface area contributed by atoms with Crippen molar-refractivity contribution in [2.45, 2.75) is 105 Å². The molecular formula is C34H46O4. The number of rotatable bonds is 14. The molecule has 0 saturated heterocycles. The van der Waals surface area contributed by atoms with Crippen molar-refractivity contribution in [1.29, 1.82) is 0 Å². The smallest absolute Gasteiger partial charge is 0.163 e. The lowest BCUT2D eigenvalue weighted by Gasteiger charge is -2.40. The van der Waals surface area contributed by atoms with Crippen molar-refractivity contribution in [3.8, 4) is 5.75 Å². The van der Waals surface area contributed by atoms with Crippen LogP contribution in [0.2, 0.25) is 0 Å². The second-order valence-electron chi connectivity index (χ2n) is 12.0. The maximum absolute atomic E-state index is 14.0. The van der Waals surface area contributed by atoms with Crippen LogP contribution in [0.15, 0.2) is 42.5 Å². The van der Waals surface area contributed by atoms with Crippen molar-refractivity contribution in [2.24, 2.45) is 11.3 Å². The number of carbonyl (C=O) groups excluding carboxylic acids is 3. The lowest BCUT2D eigenvalue weighted by molar-refractivity contribution is -0.139. The molecule has 0 N–H and O–H groups in total. The fourth-order valence-electron chi connectivity index (χ4n) is 6.23. The Hall–Kier alpha value is -2.75. The Morgan fingerprint density at radius 1 is 1.03 bits per heavy atom. The third-order valence-corrected chi connectivity index (χ3v) is 9.07. The molecule has 1 saturated carbocycles. The van der Waals surface area contributed by atoms with Crippen LogP contribution in [-0.2, 0) is 15.0 Å². The number of ether oxygens (including phenoxy) is 1. The van der Waals surface area contributed by atoms with Crippen LogP contribution in [0, 0.1) is 18.3 Å². The summed E-state index contributed by atoms with van der Waals surface area (Å²) in [5.41, 5.74) is 3.40. The van der Waals surface area contributed by atoms with E-state index >= 15 is 0 Å². The summed E-state index contributed by atoms with van der Waals surface area (Å²) in [5, 5.41) is 0. The summed E-state index contributed by atoms with van der Waals surface area (Å²) in [7, 11) is 0. The maximum Gasteiger partial charge on any atom is 0.163 e. The summed E-state index contributed by atoms with van der Waals surface area (Å²) in [6.45, 7) is 14.2. The molecule has 3 rings (SSSR count). The van der Waals surface area contributed by atoms with Gasteiger partial charge in [-0.1, -0.05) is 70.0 Å². The van der Waals surface area contributed by atoms with Gasteiger partial charge in [-0.2, -0.15) is 0 Å². The van der Waals surface area contributed by atoms with Gasteiger partial charge in [0.2, 0.25) is 0 Å². The molecule has 4 heteroatoms. The number of hydrogen-bond donors (Lipinski definition) is 0. The van der Waals surface area contributed by atoms with Crippen molar-refractivity contribution in [1.82, 2.24) is 0 Å². The highest BCUT2D eigenvalue weighted by Crippen LogP contribution is 2.47. The van der Waals surface area contributed by atoms with E-state index < -0.39 is 5.41 Å². The first-order valence-electron chi connectivity index (χ1n) is 14.3. The van der Waals surface area contributed by atoms with Gasteiger partial charge in [0.1, 0.15) is 17.3 Å². The van der Waals surface area contributed by atoms with Gasteiger partial charge in [0.25, 0.3) is 0 Å². The molecule has 38 heavy (non-hydrogen) atoms. The summed E-state index contributed by atoms with van der Waals surface area (Å²) in [6, 6.07) is 14.4. The van der Waals surface area contributed by atoms with Gasteiger partial charge in [-0.15, -0.1) is 0 Å². The molecule has 2 atom stereocenters. The van der Waals surface area contributed by atoms with Gasteiger partial charge in [-0.05, 0) is 87.5 Å². The van der Waals surface area contributed by atoms with E-state index in [2.05, 4.69) is 45.0 Å². The Morgan fingerprint density at radius 3 is 2.21 bits per heavy atom. The van der Waals surface area contributed by atoms with Crippen LogP contribution in [-0.4, -0.2) is 24.0 Å². The van der Waals surface area contributed by atoms with Crippen LogP contribution >= 0.6 is 0 Å². The Labute approximate surface area is 229 Å². The van der Waals surface area contributed by atoms with Crippen molar-refractivity contribution in [3.63, 3.8) is 0 Å². The minimum Gasteiger partial charge on any atom is -0.493 e. The van der Waals surface area contributed by atoms with Gasteiger partial charge in [0.05, 0.1) is 12.2 Å². The van der Waals surface area contributed by atoms with Gasteiger partial charge in [0.15, 0.2) is 5.78 Å². The van der Waals surface area contributed by atoms with Crippen LogP contribution in [0.4, 0.5) is 0 Å².